The Morgan fingerprint density at radius 2 is 1.65 bits per heavy atom. The van der Waals surface area contributed by atoms with Crippen molar-refractivity contribution >= 4 is 23.8 Å². The van der Waals surface area contributed by atoms with Crippen LogP contribution in [0.25, 0.3) is 0 Å². The molecule has 4 N–H and O–H groups in total. The molecule has 0 saturated heterocycles. The van der Waals surface area contributed by atoms with Gasteiger partial charge in [-0.1, -0.05) is 20.8 Å². The molecule has 0 aromatic rings. The van der Waals surface area contributed by atoms with E-state index in [1.807, 2.05) is 0 Å². The summed E-state index contributed by atoms with van der Waals surface area (Å²) in [6, 6.07) is -1.29. The van der Waals surface area contributed by atoms with Gasteiger partial charge in [-0.15, -0.1) is 0 Å². The Morgan fingerprint density at radius 3 is 2.05 bits per heavy atom. The summed E-state index contributed by atoms with van der Waals surface area (Å²) >= 11 is 0. The van der Waals surface area contributed by atoms with Gasteiger partial charge in [0.2, 0.25) is 11.8 Å². The van der Waals surface area contributed by atoms with Gasteiger partial charge < -0.3 is 20.8 Å². The lowest BCUT2D eigenvalue weighted by Crippen LogP contribution is -2.47. The number of carbonyl (C=O) groups is 4. The van der Waals surface area contributed by atoms with Crippen LogP contribution in [0.4, 0.5) is 0 Å². The summed E-state index contributed by atoms with van der Waals surface area (Å²) < 4.78 is 0. The lowest BCUT2D eigenvalue weighted by molar-refractivity contribution is -0.143. The van der Waals surface area contributed by atoms with Crippen LogP contribution in [-0.2, 0) is 19.2 Å². The molecule has 0 aromatic carbocycles. The number of carbonyl (C=O) groups excluding carboxylic acids is 2. The van der Waals surface area contributed by atoms with Crippen molar-refractivity contribution in [2.45, 2.75) is 39.7 Å². The SMILES string of the molecule is CC(C)(C)C(=O)NCC(=O)N[C@@H](CCC(=O)O)C(=O)O. The second-order valence-electron chi connectivity index (χ2n) is 5.32. The van der Waals surface area contributed by atoms with Gasteiger partial charge in [0.25, 0.3) is 0 Å². The molecule has 20 heavy (non-hydrogen) atoms. The highest BCUT2D eigenvalue weighted by molar-refractivity contribution is 5.89. The van der Waals surface area contributed by atoms with Crippen molar-refractivity contribution in [3.05, 3.63) is 0 Å². The van der Waals surface area contributed by atoms with Gasteiger partial charge in [-0.2, -0.15) is 0 Å². The summed E-state index contributed by atoms with van der Waals surface area (Å²) in [7, 11) is 0. The number of rotatable bonds is 7. The highest BCUT2D eigenvalue weighted by atomic mass is 16.4. The quantitative estimate of drug-likeness (QED) is 0.503. The van der Waals surface area contributed by atoms with Crippen LogP contribution in [0.2, 0.25) is 0 Å². The third-order valence-corrected chi connectivity index (χ3v) is 2.37. The van der Waals surface area contributed by atoms with Gasteiger partial charge in [0.1, 0.15) is 6.04 Å². The molecule has 0 bridgehead atoms. The van der Waals surface area contributed by atoms with E-state index in [4.69, 9.17) is 10.2 Å². The molecular formula is C12H20N2O6. The zero-order valence-corrected chi connectivity index (χ0v) is 11.7. The fourth-order valence-corrected chi connectivity index (χ4v) is 1.20. The Morgan fingerprint density at radius 1 is 1.10 bits per heavy atom. The van der Waals surface area contributed by atoms with E-state index >= 15 is 0 Å². The molecule has 0 heterocycles. The predicted octanol–water partition coefficient (Wildman–Crippen LogP) is -0.417. The molecule has 0 rings (SSSR count). The second kappa shape index (κ2) is 7.46. The molecule has 0 aliphatic heterocycles. The van der Waals surface area contributed by atoms with E-state index in [0.29, 0.717) is 0 Å². The van der Waals surface area contributed by atoms with Crippen LogP contribution < -0.4 is 10.6 Å². The fraction of sp³-hybridized carbons (Fsp3) is 0.667. The second-order valence-corrected chi connectivity index (χ2v) is 5.32. The maximum absolute atomic E-state index is 11.5. The van der Waals surface area contributed by atoms with E-state index in [0.717, 1.165) is 0 Å². The molecule has 0 spiro atoms. The number of hydrogen-bond donors (Lipinski definition) is 4. The summed E-state index contributed by atoms with van der Waals surface area (Å²) in [6.07, 6.45) is -0.588. The first-order chi connectivity index (χ1) is 9.04. The highest BCUT2D eigenvalue weighted by Crippen LogP contribution is 2.11. The zero-order chi connectivity index (χ0) is 15.9. The molecule has 8 nitrogen and oxygen atoms in total. The molecule has 0 fully saturated rings. The normalized spacial score (nSPS) is 12.3. The van der Waals surface area contributed by atoms with Gasteiger partial charge in [0.15, 0.2) is 0 Å². The van der Waals surface area contributed by atoms with Crippen molar-refractivity contribution in [2.24, 2.45) is 5.41 Å². The third-order valence-electron chi connectivity index (χ3n) is 2.37. The van der Waals surface area contributed by atoms with E-state index in [9.17, 15) is 19.2 Å². The molecule has 0 aliphatic rings. The van der Waals surface area contributed by atoms with Crippen molar-refractivity contribution in [2.75, 3.05) is 6.54 Å². The summed E-state index contributed by atoms with van der Waals surface area (Å²) in [5, 5.41) is 21.9. The molecular weight excluding hydrogens is 268 g/mol. The standard InChI is InChI=1S/C12H20N2O6/c1-12(2,3)11(20)13-6-8(15)14-7(10(18)19)4-5-9(16)17/h7H,4-6H2,1-3H3,(H,13,20)(H,14,15)(H,16,17)(H,18,19)/t7-/m0/s1. The van der Waals surface area contributed by atoms with Gasteiger partial charge >= 0.3 is 11.9 Å². The van der Waals surface area contributed by atoms with Crippen LogP contribution in [0, 0.1) is 5.41 Å². The number of carboxylic acids is 2. The summed E-state index contributed by atoms with van der Waals surface area (Å²) in [6.45, 7) is 4.67. The summed E-state index contributed by atoms with van der Waals surface area (Å²) in [4.78, 5) is 44.2. The number of amides is 2. The average molecular weight is 288 g/mol. The van der Waals surface area contributed by atoms with Crippen LogP contribution >= 0.6 is 0 Å². The van der Waals surface area contributed by atoms with E-state index < -0.39 is 29.3 Å². The van der Waals surface area contributed by atoms with Crippen LogP contribution in [0.3, 0.4) is 0 Å². The first-order valence-corrected chi connectivity index (χ1v) is 6.06. The molecule has 0 unspecified atom stereocenters. The monoisotopic (exact) mass is 288 g/mol. The Labute approximate surface area is 116 Å². The first-order valence-electron chi connectivity index (χ1n) is 6.06. The molecule has 2 amide bonds. The molecule has 1 atom stereocenters. The minimum atomic E-state index is -1.32. The van der Waals surface area contributed by atoms with E-state index in [1.165, 1.54) is 0 Å². The minimum absolute atomic E-state index is 0.219. The first kappa shape index (κ1) is 17.9. The average Bonchev–Trinajstić information content (AvgIpc) is 2.29. The predicted molar refractivity (Wildman–Crippen MR) is 68.9 cm³/mol. The van der Waals surface area contributed by atoms with Gasteiger partial charge in [-0.25, -0.2) is 4.79 Å². The Bertz CT molecular complexity index is 399. The topological polar surface area (TPSA) is 133 Å². The van der Waals surface area contributed by atoms with Crippen LogP contribution in [0.15, 0.2) is 0 Å². The maximum atomic E-state index is 11.5. The van der Waals surface area contributed by atoms with Crippen molar-refractivity contribution in [1.82, 2.24) is 10.6 Å². The molecule has 114 valence electrons. The maximum Gasteiger partial charge on any atom is 0.326 e. The molecule has 0 saturated carbocycles. The van der Waals surface area contributed by atoms with E-state index in [-0.39, 0.29) is 25.3 Å². The van der Waals surface area contributed by atoms with Crippen LogP contribution in [0.5, 0.6) is 0 Å². The van der Waals surface area contributed by atoms with Gasteiger partial charge in [-0.3, -0.25) is 14.4 Å². The van der Waals surface area contributed by atoms with E-state index in [1.54, 1.807) is 20.8 Å². The third kappa shape index (κ3) is 7.34. The largest absolute Gasteiger partial charge is 0.481 e. The highest BCUT2D eigenvalue weighted by Gasteiger charge is 2.24. The molecule has 0 aliphatic carbocycles. The van der Waals surface area contributed by atoms with E-state index in [2.05, 4.69) is 10.6 Å². The smallest absolute Gasteiger partial charge is 0.326 e. The number of hydrogen-bond acceptors (Lipinski definition) is 4. The number of nitrogens with one attached hydrogen (secondary N) is 2. The lowest BCUT2D eigenvalue weighted by atomic mass is 9.96. The summed E-state index contributed by atoms with van der Waals surface area (Å²) in [5.74, 6) is -3.49. The summed E-state index contributed by atoms with van der Waals surface area (Å²) in [5.41, 5.74) is -0.657. The lowest BCUT2D eigenvalue weighted by Gasteiger charge is -2.18. The van der Waals surface area contributed by atoms with Gasteiger partial charge in [0, 0.05) is 11.8 Å². The van der Waals surface area contributed by atoms with Crippen molar-refractivity contribution in [3.63, 3.8) is 0 Å². The Kier molecular flexibility index (Phi) is 6.67. The number of carboxylic acid groups (broad SMARTS) is 2. The van der Waals surface area contributed by atoms with Crippen molar-refractivity contribution in [3.8, 4) is 0 Å². The molecule has 0 radical (unpaired) electrons. The molecule has 8 heteroatoms. The minimum Gasteiger partial charge on any atom is -0.481 e. The van der Waals surface area contributed by atoms with Gasteiger partial charge in [-0.05, 0) is 6.42 Å². The zero-order valence-electron chi connectivity index (χ0n) is 11.7. The number of aliphatic carboxylic acids is 2. The van der Waals surface area contributed by atoms with Crippen molar-refractivity contribution in [1.29, 1.82) is 0 Å². The molecule has 0 aromatic heterocycles. The van der Waals surface area contributed by atoms with Crippen molar-refractivity contribution < 1.29 is 29.4 Å². The van der Waals surface area contributed by atoms with Gasteiger partial charge in [0.05, 0.1) is 6.54 Å². The fourth-order valence-electron chi connectivity index (χ4n) is 1.20. The Balaban J connectivity index is 4.30. The Hall–Kier alpha value is -2.12. The van der Waals surface area contributed by atoms with Crippen LogP contribution in [0.1, 0.15) is 33.6 Å². The van der Waals surface area contributed by atoms with Crippen LogP contribution in [-0.4, -0.2) is 46.6 Å².